The molecule has 0 aliphatic carbocycles. The standard InChI is InChI=1S/C10H17F3N2O2/c11-10(12,13)7-17-15-9(16)4-3-8-2-1-5-14-6-8/h8,14H,1-7H2,(H,15,16). The SMILES string of the molecule is O=C(CCC1CCCNC1)NOCC(F)(F)F. The van der Waals surface area contributed by atoms with Crippen LogP contribution in [0.4, 0.5) is 13.2 Å². The first-order chi connectivity index (χ1) is 7.97. The second-order valence-electron chi connectivity index (χ2n) is 4.18. The van der Waals surface area contributed by atoms with E-state index >= 15 is 0 Å². The van der Waals surface area contributed by atoms with Gasteiger partial charge in [0.1, 0.15) is 0 Å². The lowest BCUT2D eigenvalue weighted by atomic mass is 9.95. The van der Waals surface area contributed by atoms with Gasteiger partial charge in [0.15, 0.2) is 6.61 Å². The van der Waals surface area contributed by atoms with Crippen LogP contribution in [0.15, 0.2) is 0 Å². The van der Waals surface area contributed by atoms with Crippen LogP contribution in [0.1, 0.15) is 25.7 Å². The van der Waals surface area contributed by atoms with Gasteiger partial charge in [0.25, 0.3) is 0 Å². The molecule has 17 heavy (non-hydrogen) atoms. The molecule has 1 saturated heterocycles. The minimum atomic E-state index is -4.42. The number of rotatable bonds is 5. The molecule has 1 heterocycles. The Morgan fingerprint density at radius 1 is 1.47 bits per heavy atom. The quantitative estimate of drug-likeness (QED) is 0.729. The van der Waals surface area contributed by atoms with Gasteiger partial charge < -0.3 is 5.32 Å². The van der Waals surface area contributed by atoms with Crippen molar-refractivity contribution in [2.45, 2.75) is 31.9 Å². The lowest BCUT2D eigenvalue weighted by Gasteiger charge is -2.22. The van der Waals surface area contributed by atoms with Crippen molar-refractivity contribution in [2.75, 3.05) is 19.7 Å². The molecule has 0 aromatic rings. The Morgan fingerprint density at radius 2 is 2.24 bits per heavy atom. The van der Waals surface area contributed by atoms with E-state index in [1.165, 1.54) is 0 Å². The highest BCUT2D eigenvalue weighted by atomic mass is 19.4. The third-order valence-corrected chi connectivity index (χ3v) is 2.60. The maximum Gasteiger partial charge on any atom is 0.414 e. The van der Waals surface area contributed by atoms with Crippen molar-refractivity contribution in [3.05, 3.63) is 0 Å². The van der Waals surface area contributed by atoms with Crippen LogP contribution in [-0.4, -0.2) is 31.8 Å². The molecular formula is C10H17F3N2O2. The molecule has 1 amide bonds. The zero-order valence-corrected chi connectivity index (χ0v) is 9.48. The van der Waals surface area contributed by atoms with Crippen LogP contribution in [0.5, 0.6) is 0 Å². The van der Waals surface area contributed by atoms with Crippen LogP contribution in [-0.2, 0) is 9.63 Å². The molecule has 0 radical (unpaired) electrons. The minimum absolute atomic E-state index is 0.199. The minimum Gasteiger partial charge on any atom is -0.316 e. The van der Waals surface area contributed by atoms with Crippen molar-refractivity contribution < 1.29 is 22.8 Å². The van der Waals surface area contributed by atoms with E-state index in [1.807, 2.05) is 0 Å². The van der Waals surface area contributed by atoms with Gasteiger partial charge >= 0.3 is 6.18 Å². The highest BCUT2D eigenvalue weighted by molar-refractivity contribution is 5.74. The molecule has 0 aromatic carbocycles. The Morgan fingerprint density at radius 3 is 2.82 bits per heavy atom. The number of hydroxylamine groups is 1. The van der Waals surface area contributed by atoms with Crippen LogP contribution >= 0.6 is 0 Å². The lowest BCUT2D eigenvalue weighted by Crippen LogP contribution is -2.32. The van der Waals surface area contributed by atoms with E-state index in [9.17, 15) is 18.0 Å². The number of hydrogen-bond acceptors (Lipinski definition) is 3. The maximum absolute atomic E-state index is 11.7. The summed E-state index contributed by atoms with van der Waals surface area (Å²) in [5.74, 6) is -0.0723. The summed E-state index contributed by atoms with van der Waals surface area (Å²) < 4.78 is 35.1. The third kappa shape index (κ3) is 7.17. The molecule has 1 aliphatic rings. The Bertz CT molecular complexity index is 240. The topological polar surface area (TPSA) is 50.4 Å². The average Bonchev–Trinajstić information content (AvgIpc) is 2.26. The smallest absolute Gasteiger partial charge is 0.316 e. The molecule has 1 unspecified atom stereocenters. The number of alkyl halides is 3. The van der Waals surface area contributed by atoms with Gasteiger partial charge in [-0.05, 0) is 38.3 Å². The van der Waals surface area contributed by atoms with Gasteiger partial charge in [-0.2, -0.15) is 13.2 Å². The van der Waals surface area contributed by atoms with Crippen LogP contribution in [0.2, 0.25) is 0 Å². The number of halogens is 3. The number of hydrogen-bond donors (Lipinski definition) is 2. The Hall–Kier alpha value is -0.820. The van der Waals surface area contributed by atoms with E-state index in [0.717, 1.165) is 25.9 Å². The number of nitrogens with one attached hydrogen (secondary N) is 2. The number of amides is 1. The van der Waals surface area contributed by atoms with Crippen LogP contribution in [0.3, 0.4) is 0 Å². The summed E-state index contributed by atoms with van der Waals surface area (Å²) in [5, 5.41) is 3.21. The highest BCUT2D eigenvalue weighted by Crippen LogP contribution is 2.16. The van der Waals surface area contributed by atoms with E-state index in [-0.39, 0.29) is 6.42 Å². The van der Waals surface area contributed by atoms with E-state index in [1.54, 1.807) is 5.48 Å². The van der Waals surface area contributed by atoms with E-state index < -0.39 is 18.7 Å². The van der Waals surface area contributed by atoms with Gasteiger partial charge in [0.2, 0.25) is 5.91 Å². The fourth-order valence-corrected chi connectivity index (χ4v) is 1.76. The molecule has 1 fully saturated rings. The molecule has 2 N–H and O–H groups in total. The fourth-order valence-electron chi connectivity index (χ4n) is 1.76. The summed E-state index contributed by atoms with van der Waals surface area (Å²) in [7, 11) is 0. The first-order valence-electron chi connectivity index (χ1n) is 5.65. The third-order valence-electron chi connectivity index (χ3n) is 2.60. The molecule has 0 saturated carbocycles. The van der Waals surface area contributed by atoms with E-state index in [2.05, 4.69) is 10.2 Å². The van der Waals surface area contributed by atoms with Gasteiger partial charge in [-0.15, -0.1) is 0 Å². The summed E-state index contributed by atoms with van der Waals surface area (Å²) >= 11 is 0. The van der Waals surface area contributed by atoms with Crippen LogP contribution in [0.25, 0.3) is 0 Å². The van der Waals surface area contributed by atoms with Crippen molar-refractivity contribution in [3.63, 3.8) is 0 Å². The molecule has 1 atom stereocenters. The number of carbonyl (C=O) groups excluding carboxylic acids is 1. The second-order valence-corrected chi connectivity index (χ2v) is 4.18. The second kappa shape index (κ2) is 6.80. The molecule has 100 valence electrons. The Kier molecular flexibility index (Phi) is 5.70. The van der Waals surface area contributed by atoms with Crippen molar-refractivity contribution in [3.8, 4) is 0 Å². The first kappa shape index (κ1) is 14.2. The van der Waals surface area contributed by atoms with Gasteiger partial charge in [-0.25, -0.2) is 5.48 Å². The first-order valence-corrected chi connectivity index (χ1v) is 5.65. The summed E-state index contributed by atoms with van der Waals surface area (Å²) in [6.07, 6.45) is -1.40. The largest absolute Gasteiger partial charge is 0.414 e. The number of carbonyl (C=O) groups is 1. The fraction of sp³-hybridized carbons (Fsp3) is 0.900. The molecular weight excluding hydrogens is 237 g/mol. The molecule has 1 rings (SSSR count). The molecule has 4 nitrogen and oxygen atoms in total. The van der Waals surface area contributed by atoms with Crippen LogP contribution < -0.4 is 10.8 Å². The van der Waals surface area contributed by atoms with E-state index in [0.29, 0.717) is 12.3 Å². The van der Waals surface area contributed by atoms with Gasteiger partial charge in [-0.3, -0.25) is 9.63 Å². The predicted molar refractivity (Wildman–Crippen MR) is 55.0 cm³/mol. The average molecular weight is 254 g/mol. The summed E-state index contributed by atoms with van der Waals surface area (Å²) in [4.78, 5) is 15.2. The van der Waals surface area contributed by atoms with Crippen molar-refractivity contribution in [1.29, 1.82) is 0 Å². The Labute approximate surface area is 97.8 Å². The molecule has 0 aromatic heterocycles. The molecule has 0 spiro atoms. The Balaban J connectivity index is 2.04. The van der Waals surface area contributed by atoms with E-state index in [4.69, 9.17) is 0 Å². The lowest BCUT2D eigenvalue weighted by molar-refractivity contribution is -0.191. The van der Waals surface area contributed by atoms with Gasteiger partial charge in [-0.1, -0.05) is 0 Å². The summed E-state index contributed by atoms with van der Waals surface area (Å²) in [5.41, 5.74) is 1.80. The highest BCUT2D eigenvalue weighted by Gasteiger charge is 2.28. The van der Waals surface area contributed by atoms with Crippen molar-refractivity contribution in [2.24, 2.45) is 5.92 Å². The zero-order valence-electron chi connectivity index (χ0n) is 9.48. The van der Waals surface area contributed by atoms with Crippen molar-refractivity contribution in [1.82, 2.24) is 10.8 Å². The molecule has 0 bridgehead atoms. The zero-order chi connectivity index (χ0) is 12.7. The molecule has 7 heteroatoms. The van der Waals surface area contributed by atoms with Gasteiger partial charge in [0, 0.05) is 6.42 Å². The monoisotopic (exact) mass is 254 g/mol. The number of piperidine rings is 1. The van der Waals surface area contributed by atoms with Gasteiger partial charge in [0.05, 0.1) is 0 Å². The normalized spacial score (nSPS) is 21.2. The van der Waals surface area contributed by atoms with Crippen molar-refractivity contribution >= 4 is 5.91 Å². The van der Waals surface area contributed by atoms with Crippen LogP contribution in [0, 0.1) is 5.92 Å². The summed E-state index contributed by atoms with van der Waals surface area (Å²) in [6.45, 7) is 0.414. The molecule has 1 aliphatic heterocycles. The predicted octanol–water partition coefficient (Wildman–Crippen LogP) is 1.38. The summed E-state index contributed by atoms with van der Waals surface area (Å²) in [6, 6.07) is 0. The maximum atomic E-state index is 11.7.